The van der Waals surface area contributed by atoms with Crippen molar-refractivity contribution in [1.82, 2.24) is 5.32 Å². The number of aliphatic hydroxyl groups excluding tert-OH is 2. The molecule has 0 saturated heterocycles. The Morgan fingerprint density at radius 3 is 2.56 bits per heavy atom. The molecule has 4 aliphatic carbocycles. The number of aliphatic hydroxyl groups is 3. The second-order valence-electron chi connectivity index (χ2n) is 13.5. The molecule has 1 amide bonds. The van der Waals surface area contributed by atoms with Crippen LogP contribution in [0.3, 0.4) is 0 Å². The molecule has 0 unspecified atom stereocenters. The highest BCUT2D eigenvalue weighted by molar-refractivity contribution is 5.96. The molecule has 0 aromatic heterocycles. The molecule has 3 fully saturated rings. The van der Waals surface area contributed by atoms with Gasteiger partial charge in [0.1, 0.15) is 12.2 Å². The van der Waals surface area contributed by atoms with Crippen molar-refractivity contribution in [3.8, 4) is 0 Å². The van der Waals surface area contributed by atoms with Crippen LogP contribution in [0, 0.1) is 28.6 Å². The number of ketones is 1. The molecule has 1 aromatic rings. The highest BCUT2D eigenvalue weighted by Gasteiger charge is 2.68. The molecule has 0 bridgehead atoms. The number of carboxylic acids is 1. The first-order chi connectivity index (χ1) is 20.4. The van der Waals surface area contributed by atoms with Crippen LogP contribution >= 0.6 is 0 Å². The van der Waals surface area contributed by atoms with Crippen LogP contribution in [-0.4, -0.2) is 75.3 Å². The second-order valence-corrected chi connectivity index (χ2v) is 13.5. The summed E-state index contributed by atoms with van der Waals surface area (Å²) in [6.07, 6.45) is 5.63. The number of nitrogens with zero attached hydrogens (tertiary/aromatic N) is 1. The minimum Gasteiger partial charge on any atom is -0.481 e. The predicted molar refractivity (Wildman–Crippen MR) is 158 cm³/mol. The summed E-state index contributed by atoms with van der Waals surface area (Å²) in [6, 6.07) is 9.22. The van der Waals surface area contributed by atoms with Crippen molar-refractivity contribution in [2.45, 2.75) is 82.8 Å². The SMILES string of the molecule is C[C@]12CC/C(=N\OCC(=O)NC[C@@H](CC(=O)O)c3ccccc3)C=C1CC[C@H]1[C@H]2[C@@H](O)C[C@@]2(C)[C@@H]1CC[C@]2(O)C(=O)CO. The van der Waals surface area contributed by atoms with Gasteiger partial charge in [-0.05, 0) is 79.8 Å². The Balaban J connectivity index is 1.21. The number of benzene rings is 1. The summed E-state index contributed by atoms with van der Waals surface area (Å²) in [5.74, 6) is -1.97. The van der Waals surface area contributed by atoms with E-state index in [0.29, 0.717) is 25.7 Å². The summed E-state index contributed by atoms with van der Waals surface area (Å²) < 4.78 is 0. The number of aliphatic carboxylic acids is 1. The summed E-state index contributed by atoms with van der Waals surface area (Å²) in [5.41, 5.74) is 0.157. The third kappa shape index (κ3) is 5.65. The first kappa shape index (κ1) is 31.3. The zero-order valence-corrected chi connectivity index (χ0v) is 25.0. The number of allylic oxidation sites excluding steroid dienone is 2. The van der Waals surface area contributed by atoms with E-state index < -0.39 is 35.5 Å². The van der Waals surface area contributed by atoms with Gasteiger partial charge in [-0.25, -0.2) is 0 Å². The summed E-state index contributed by atoms with van der Waals surface area (Å²) in [5, 5.41) is 48.8. The normalized spacial score (nSPS) is 36.5. The standard InChI is InChI=1S/C33H44N2O8/c1-31-12-10-23(35-43-19-28(39)34-17-21(14-29(40)41)20-6-4-3-5-7-20)15-22(31)8-9-24-25-11-13-33(42,27(38)18-36)32(25,2)16-26(37)30(24)31/h3-7,15,21,24-26,30,36-37,42H,8-14,16-19H2,1-2H3,(H,34,39)(H,40,41)/b35-23+/t21-,24-,25-,26+,30+,31+,32+,33+/m1/s1. The molecule has 10 nitrogen and oxygen atoms in total. The molecular formula is C33H44N2O8. The molecule has 1 aromatic carbocycles. The molecule has 234 valence electrons. The van der Waals surface area contributed by atoms with Crippen molar-refractivity contribution in [2.75, 3.05) is 19.8 Å². The van der Waals surface area contributed by atoms with Crippen LogP contribution in [0.25, 0.3) is 0 Å². The lowest BCUT2D eigenvalue weighted by Crippen LogP contribution is -2.62. The Morgan fingerprint density at radius 2 is 1.86 bits per heavy atom. The van der Waals surface area contributed by atoms with E-state index in [1.165, 1.54) is 5.57 Å². The van der Waals surface area contributed by atoms with E-state index >= 15 is 0 Å². The van der Waals surface area contributed by atoms with Gasteiger partial charge in [0.15, 0.2) is 12.4 Å². The van der Waals surface area contributed by atoms with Crippen LogP contribution in [0.5, 0.6) is 0 Å². The predicted octanol–water partition coefficient (Wildman–Crippen LogP) is 2.96. The number of oxime groups is 1. The average molecular weight is 597 g/mol. The van der Waals surface area contributed by atoms with Crippen LogP contribution < -0.4 is 5.32 Å². The number of hydrogen-bond acceptors (Lipinski definition) is 8. The van der Waals surface area contributed by atoms with Crippen LogP contribution in [0.15, 0.2) is 47.1 Å². The Hall–Kier alpha value is -3.08. The lowest BCUT2D eigenvalue weighted by molar-refractivity contribution is -0.181. The molecule has 5 N–H and O–H groups in total. The molecule has 3 saturated carbocycles. The molecule has 0 aliphatic heterocycles. The number of amides is 1. The van der Waals surface area contributed by atoms with Gasteiger partial charge in [-0.15, -0.1) is 0 Å². The summed E-state index contributed by atoms with van der Waals surface area (Å²) in [7, 11) is 0. The smallest absolute Gasteiger partial charge is 0.304 e. The molecule has 8 atom stereocenters. The van der Waals surface area contributed by atoms with Crippen molar-refractivity contribution in [1.29, 1.82) is 0 Å². The van der Waals surface area contributed by atoms with Gasteiger partial charge in [0.25, 0.3) is 5.91 Å². The van der Waals surface area contributed by atoms with Gasteiger partial charge >= 0.3 is 5.97 Å². The van der Waals surface area contributed by atoms with Gasteiger partial charge in [-0.3, -0.25) is 14.4 Å². The van der Waals surface area contributed by atoms with Crippen molar-refractivity contribution in [3.63, 3.8) is 0 Å². The Bertz CT molecular complexity index is 1300. The second kappa shape index (κ2) is 12.1. The Kier molecular flexibility index (Phi) is 8.84. The minimum absolute atomic E-state index is 0.00578. The van der Waals surface area contributed by atoms with Gasteiger partial charge < -0.3 is 30.6 Å². The largest absolute Gasteiger partial charge is 0.481 e. The van der Waals surface area contributed by atoms with Crippen LogP contribution in [0.2, 0.25) is 0 Å². The van der Waals surface area contributed by atoms with Crippen molar-refractivity contribution in [2.24, 2.45) is 33.7 Å². The Morgan fingerprint density at radius 1 is 1.12 bits per heavy atom. The van der Waals surface area contributed by atoms with E-state index in [-0.39, 0.29) is 54.6 Å². The summed E-state index contributed by atoms with van der Waals surface area (Å²) in [4.78, 5) is 41.8. The maximum absolute atomic E-state index is 12.6. The van der Waals surface area contributed by atoms with E-state index in [1.807, 2.05) is 43.3 Å². The molecule has 10 heteroatoms. The minimum atomic E-state index is -1.61. The molecular weight excluding hydrogens is 552 g/mol. The lowest BCUT2D eigenvalue weighted by Gasteiger charge is -2.60. The first-order valence-corrected chi connectivity index (χ1v) is 15.4. The van der Waals surface area contributed by atoms with Crippen molar-refractivity contribution in [3.05, 3.63) is 47.5 Å². The number of rotatable bonds is 10. The molecule has 43 heavy (non-hydrogen) atoms. The van der Waals surface area contributed by atoms with Gasteiger partial charge in [-0.2, -0.15) is 0 Å². The maximum atomic E-state index is 12.6. The van der Waals surface area contributed by atoms with Crippen LogP contribution in [-0.2, 0) is 19.2 Å². The molecule has 0 radical (unpaired) electrons. The molecule has 0 spiro atoms. The number of carbonyl (C=O) groups is 3. The summed E-state index contributed by atoms with van der Waals surface area (Å²) in [6.45, 7) is 3.31. The lowest BCUT2D eigenvalue weighted by atomic mass is 9.45. The molecule has 0 heterocycles. The fourth-order valence-corrected chi connectivity index (χ4v) is 9.07. The topological polar surface area (TPSA) is 166 Å². The van der Waals surface area contributed by atoms with Gasteiger partial charge in [0.2, 0.25) is 0 Å². The number of Topliss-reactive ketones (excluding diaryl/α,β-unsaturated/α-hetero) is 1. The maximum Gasteiger partial charge on any atom is 0.304 e. The van der Waals surface area contributed by atoms with E-state index in [4.69, 9.17) is 4.84 Å². The zero-order valence-electron chi connectivity index (χ0n) is 25.0. The third-order valence-corrected chi connectivity index (χ3v) is 11.3. The zero-order chi connectivity index (χ0) is 31.0. The fraction of sp³-hybridized carbons (Fsp3) is 0.636. The van der Waals surface area contributed by atoms with E-state index in [2.05, 4.69) is 17.4 Å². The number of nitrogens with one attached hydrogen (secondary N) is 1. The third-order valence-electron chi connectivity index (χ3n) is 11.3. The first-order valence-electron chi connectivity index (χ1n) is 15.4. The number of fused-ring (bicyclic) bond motifs is 5. The summed E-state index contributed by atoms with van der Waals surface area (Å²) >= 11 is 0. The number of hydrogen-bond donors (Lipinski definition) is 5. The molecule has 4 aliphatic rings. The monoisotopic (exact) mass is 596 g/mol. The van der Waals surface area contributed by atoms with Crippen LogP contribution in [0.4, 0.5) is 0 Å². The quantitative estimate of drug-likeness (QED) is 0.257. The van der Waals surface area contributed by atoms with Gasteiger partial charge in [-0.1, -0.05) is 54.9 Å². The number of carboxylic acid groups (broad SMARTS) is 1. The van der Waals surface area contributed by atoms with Gasteiger partial charge in [0, 0.05) is 17.9 Å². The number of carbonyl (C=O) groups excluding carboxylic acids is 2. The van der Waals surface area contributed by atoms with Crippen LogP contribution in [0.1, 0.15) is 76.7 Å². The van der Waals surface area contributed by atoms with E-state index in [1.54, 1.807) is 0 Å². The fourth-order valence-electron chi connectivity index (χ4n) is 9.07. The van der Waals surface area contributed by atoms with Crippen molar-refractivity contribution < 1.29 is 39.6 Å². The highest BCUT2D eigenvalue weighted by Crippen LogP contribution is 2.67. The van der Waals surface area contributed by atoms with E-state index in [0.717, 1.165) is 30.5 Å². The average Bonchev–Trinajstić information content (AvgIpc) is 3.25. The van der Waals surface area contributed by atoms with Crippen molar-refractivity contribution >= 4 is 23.4 Å². The molecule has 5 rings (SSSR count). The van der Waals surface area contributed by atoms with E-state index in [9.17, 15) is 34.8 Å². The Labute approximate surface area is 252 Å². The highest BCUT2D eigenvalue weighted by atomic mass is 16.6. The van der Waals surface area contributed by atoms with Gasteiger partial charge in [0.05, 0.1) is 18.2 Å².